The fourth-order valence-electron chi connectivity index (χ4n) is 3.90. The van der Waals surface area contributed by atoms with Gasteiger partial charge < -0.3 is 14.5 Å². The molecular weight excluding hydrogens is 442 g/mol. The molecule has 0 radical (unpaired) electrons. The average molecular weight is 462 g/mol. The highest BCUT2D eigenvalue weighted by molar-refractivity contribution is 6.32. The Morgan fingerprint density at radius 2 is 1.94 bits per heavy atom. The zero-order chi connectivity index (χ0) is 23.4. The van der Waals surface area contributed by atoms with Gasteiger partial charge >= 0.3 is 0 Å². The van der Waals surface area contributed by atoms with E-state index in [4.69, 9.17) is 21.1 Å². The van der Waals surface area contributed by atoms with Gasteiger partial charge in [-0.1, -0.05) is 48.0 Å². The van der Waals surface area contributed by atoms with E-state index in [-0.39, 0.29) is 23.1 Å². The minimum Gasteiger partial charge on any atom is -0.493 e. The van der Waals surface area contributed by atoms with Gasteiger partial charge in [-0.3, -0.25) is 10.1 Å². The highest BCUT2D eigenvalue weighted by Crippen LogP contribution is 2.41. The number of halogens is 1. The lowest BCUT2D eigenvalue weighted by molar-refractivity contribution is -0.481. The molecule has 0 amide bonds. The zero-order valence-corrected chi connectivity index (χ0v) is 18.5. The van der Waals surface area contributed by atoms with Crippen LogP contribution in [0.4, 0.5) is 0 Å². The van der Waals surface area contributed by atoms with E-state index in [0.29, 0.717) is 28.2 Å². The topological polar surface area (TPSA) is 101 Å². The van der Waals surface area contributed by atoms with Crippen molar-refractivity contribution in [2.75, 3.05) is 13.7 Å². The molecule has 166 valence electrons. The van der Waals surface area contributed by atoms with Gasteiger partial charge in [-0.05, 0) is 35.4 Å². The number of nitrogens with zero attached hydrogens (tertiary/aromatic N) is 2. The fraction of sp³-hybridized carbons (Fsp3) is 0.160. The standard InChI is InChI=1S/C25H20ClN3O4/c1-32-24-11-18(10-22(26)25(24)33-15-17-7-3-2-6-16(17)12-27)21(14-29(30)31)20-13-28-23-9-5-4-8-19(20)23/h2-11,13,21,28H,14-15H2,1H3/t21-/m0/s1. The van der Waals surface area contributed by atoms with Crippen LogP contribution in [0.1, 0.15) is 28.2 Å². The Hall–Kier alpha value is -4.02. The van der Waals surface area contributed by atoms with E-state index in [2.05, 4.69) is 11.1 Å². The first kappa shape index (κ1) is 22.2. The van der Waals surface area contributed by atoms with Crippen molar-refractivity contribution in [1.29, 1.82) is 5.26 Å². The number of ether oxygens (including phenoxy) is 2. The van der Waals surface area contributed by atoms with Gasteiger partial charge in [0.2, 0.25) is 6.54 Å². The third-order valence-electron chi connectivity index (χ3n) is 5.49. The summed E-state index contributed by atoms with van der Waals surface area (Å²) in [6.07, 6.45) is 1.79. The molecule has 0 saturated heterocycles. The monoisotopic (exact) mass is 461 g/mol. The van der Waals surface area contributed by atoms with Crippen molar-refractivity contribution < 1.29 is 14.4 Å². The van der Waals surface area contributed by atoms with Crippen molar-refractivity contribution in [3.8, 4) is 17.6 Å². The molecule has 4 rings (SSSR count). The maximum absolute atomic E-state index is 11.5. The lowest BCUT2D eigenvalue weighted by Gasteiger charge is -2.18. The van der Waals surface area contributed by atoms with Crippen LogP contribution in [0, 0.1) is 21.4 Å². The second kappa shape index (κ2) is 9.63. The molecule has 0 aliphatic carbocycles. The molecule has 0 bridgehead atoms. The summed E-state index contributed by atoms with van der Waals surface area (Å²) in [5.41, 5.74) is 3.57. The van der Waals surface area contributed by atoms with Crippen molar-refractivity contribution in [3.05, 3.63) is 104 Å². The van der Waals surface area contributed by atoms with Gasteiger partial charge in [0.15, 0.2) is 11.5 Å². The van der Waals surface area contributed by atoms with Crippen LogP contribution in [-0.4, -0.2) is 23.6 Å². The summed E-state index contributed by atoms with van der Waals surface area (Å²) in [5, 5.41) is 22.0. The van der Waals surface area contributed by atoms with Crippen molar-refractivity contribution in [2.45, 2.75) is 12.5 Å². The van der Waals surface area contributed by atoms with Crippen LogP contribution in [0.2, 0.25) is 5.02 Å². The van der Waals surface area contributed by atoms with E-state index in [9.17, 15) is 15.4 Å². The number of fused-ring (bicyclic) bond motifs is 1. The average Bonchev–Trinajstić information content (AvgIpc) is 3.25. The number of nitriles is 1. The molecule has 0 spiro atoms. The predicted molar refractivity (Wildman–Crippen MR) is 125 cm³/mol. The summed E-state index contributed by atoms with van der Waals surface area (Å²) in [6, 6.07) is 20.3. The van der Waals surface area contributed by atoms with E-state index in [1.807, 2.05) is 30.3 Å². The Bertz CT molecular complexity index is 1360. The van der Waals surface area contributed by atoms with Crippen LogP contribution in [0.15, 0.2) is 66.9 Å². The summed E-state index contributed by atoms with van der Waals surface area (Å²) in [6.45, 7) is -0.184. The molecule has 4 aromatic rings. The molecule has 33 heavy (non-hydrogen) atoms. The lowest BCUT2D eigenvalue weighted by Crippen LogP contribution is -2.14. The van der Waals surface area contributed by atoms with E-state index in [1.54, 1.807) is 36.5 Å². The zero-order valence-electron chi connectivity index (χ0n) is 17.7. The SMILES string of the molecule is COc1cc([C@H](C[N+](=O)[O-])c2c[nH]c3ccccc23)cc(Cl)c1OCc1ccccc1C#N. The highest BCUT2D eigenvalue weighted by atomic mass is 35.5. The van der Waals surface area contributed by atoms with Crippen LogP contribution < -0.4 is 9.47 Å². The number of aromatic nitrogens is 1. The second-order valence-electron chi connectivity index (χ2n) is 7.45. The minimum absolute atomic E-state index is 0.125. The molecule has 8 heteroatoms. The van der Waals surface area contributed by atoms with Crippen LogP contribution in [0.5, 0.6) is 11.5 Å². The Balaban J connectivity index is 1.72. The molecule has 7 nitrogen and oxygen atoms in total. The number of aromatic amines is 1. The molecule has 0 fully saturated rings. The van der Waals surface area contributed by atoms with E-state index in [0.717, 1.165) is 16.5 Å². The Kier molecular flexibility index (Phi) is 6.48. The van der Waals surface area contributed by atoms with E-state index >= 15 is 0 Å². The van der Waals surface area contributed by atoms with Gasteiger partial charge in [0, 0.05) is 27.6 Å². The van der Waals surface area contributed by atoms with Gasteiger partial charge in [0.1, 0.15) is 6.61 Å². The first-order valence-corrected chi connectivity index (χ1v) is 10.6. The third kappa shape index (κ3) is 4.61. The van der Waals surface area contributed by atoms with E-state index < -0.39 is 5.92 Å². The Labute approximate surface area is 195 Å². The number of hydrogen-bond acceptors (Lipinski definition) is 5. The normalized spacial score (nSPS) is 11.7. The molecule has 1 aromatic heterocycles. The Morgan fingerprint density at radius 3 is 2.70 bits per heavy atom. The van der Waals surface area contributed by atoms with Gasteiger partial charge in [-0.2, -0.15) is 5.26 Å². The first-order valence-electron chi connectivity index (χ1n) is 10.2. The third-order valence-corrected chi connectivity index (χ3v) is 5.77. The molecule has 0 aliphatic rings. The van der Waals surface area contributed by atoms with Crippen LogP contribution in [0.25, 0.3) is 10.9 Å². The van der Waals surface area contributed by atoms with Crippen LogP contribution in [-0.2, 0) is 6.61 Å². The maximum atomic E-state index is 11.5. The summed E-state index contributed by atoms with van der Waals surface area (Å²) in [5.74, 6) is 0.130. The number of nitrogens with one attached hydrogen (secondary N) is 1. The molecule has 0 saturated carbocycles. The summed E-state index contributed by atoms with van der Waals surface area (Å²) in [7, 11) is 1.49. The molecule has 3 aromatic carbocycles. The lowest BCUT2D eigenvalue weighted by atomic mass is 9.90. The number of rotatable bonds is 8. The largest absolute Gasteiger partial charge is 0.493 e. The van der Waals surface area contributed by atoms with Gasteiger partial charge in [0.25, 0.3) is 0 Å². The summed E-state index contributed by atoms with van der Waals surface area (Å²) < 4.78 is 11.4. The van der Waals surface area contributed by atoms with Crippen molar-refractivity contribution in [2.24, 2.45) is 0 Å². The molecule has 1 N–H and O–H groups in total. The molecule has 1 atom stereocenters. The number of hydrogen-bond donors (Lipinski definition) is 1. The van der Waals surface area contributed by atoms with Gasteiger partial charge in [0.05, 0.1) is 29.7 Å². The number of para-hydroxylation sites is 1. The smallest absolute Gasteiger partial charge is 0.214 e. The quantitative estimate of drug-likeness (QED) is 0.268. The molecule has 0 aliphatic heterocycles. The fourth-order valence-corrected chi connectivity index (χ4v) is 4.17. The van der Waals surface area contributed by atoms with E-state index in [1.165, 1.54) is 7.11 Å². The van der Waals surface area contributed by atoms with Crippen molar-refractivity contribution in [1.82, 2.24) is 4.98 Å². The summed E-state index contributed by atoms with van der Waals surface area (Å²) >= 11 is 6.57. The number of nitro groups is 1. The number of benzene rings is 3. The number of methoxy groups -OCH3 is 1. The van der Waals surface area contributed by atoms with Crippen LogP contribution in [0.3, 0.4) is 0 Å². The van der Waals surface area contributed by atoms with Crippen LogP contribution >= 0.6 is 11.6 Å². The molecule has 0 unspecified atom stereocenters. The first-order chi connectivity index (χ1) is 16.0. The number of H-pyrrole nitrogens is 1. The minimum atomic E-state index is -0.545. The predicted octanol–water partition coefficient (Wildman–Crippen LogP) is 5.69. The second-order valence-corrected chi connectivity index (χ2v) is 7.86. The molecule has 1 heterocycles. The Morgan fingerprint density at radius 1 is 1.18 bits per heavy atom. The van der Waals surface area contributed by atoms with Crippen molar-refractivity contribution in [3.63, 3.8) is 0 Å². The van der Waals surface area contributed by atoms with Gasteiger partial charge in [-0.25, -0.2) is 0 Å². The molecular formula is C25H20ClN3O4. The van der Waals surface area contributed by atoms with Crippen molar-refractivity contribution >= 4 is 22.5 Å². The van der Waals surface area contributed by atoms with Gasteiger partial charge in [-0.15, -0.1) is 0 Å². The highest BCUT2D eigenvalue weighted by Gasteiger charge is 2.26. The summed E-state index contributed by atoms with van der Waals surface area (Å²) in [4.78, 5) is 14.4. The maximum Gasteiger partial charge on any atom is 0.214 e.